The third-order valence-corrected chi connectivity index (χ3v) is 3.18. The van der Waals surface area contributed by atoms with Gasteiger partial charge in [0, 0.05) is 0 Å². The van der Waals surface area contributed by atoms with Crippen molar-refractivity contribution in [2.24, 2.45) is 5.92 Å². The number of ether oxygens (including phenoxy) is 1. The number of carbonyl (C=O) groups is 2. The first-order chi connectivity index (χ1) is 10.2. The molecule has 2 N–H and O–H groups in total. The first-order valence-electron chi connectivity index (χ1n) is 7.52. The predicted octanol–water partition coefficient (Wildman–Crippen LogP) is 2.84. The van der Waals surface area contributed by atoms with E-state index in [1.807, 2.05) is 13.8 Å². The predicted molar refractivity (Wildman–Crippen MR) is 83.2 cm³/mol. The van der Waals surface area contributed by atoms with Crippen LogP contribution >= 0.6 is 0 Å². The normalized spacial score (nSPS) is 14.0. The van der Waals surface area contributed by atoms with Gasteiger partial charge < -0.3 is 19.8 Å². The Morgan fingerprint density at radius 3 is 2.55 bits per heavy atom. The average molecular weight is 310 g/mol. The van der Waals surface area contributed by atoms with Crippen molar-refractivity contribution in [1.82, 2.24) is 10.6 Å². The summed E-state index contributed by atoms with van der Waals surface area (Å²) in [5.74, 6) is 0.397. The lowest BCUT2D eigenvalue weighted by molar-refractivity contribution is -0.124. The summed E-state index contributed by atoms with van der Waals surface area (Å²) in [6.07, 6.45) is 1.72. The van der Waals surface area contributed by atoms with Crippen LogP contribution in [0.25, 0.3) is 0 Å². The highest BCUT2D eigenvalue weighted by Crippen LogP contribution is 2.11. The fraction of sp³-hybridized carbons (Fsp3) is 0.625. The van der Waals surface area contributed by atoms with Gasteiger partial charge in [0.25, 0.3) is 0 Å². The highest BCUT2D eigenvalue weighted by Gasteiger charge is 2.28. The van der Waals surface area contributed by atoms with Crippen molar-refractivity contribution in [2.45, 2.75) is 59.2 Å². The molecule has 0 aliphatic rings. The van der Waals surface area contributed by atoms with Gasteiger partial charge in [-0.25, -0.2) is 4.79 Å². The maximum atomic E-state index is 12.3. The Morgan fingerprint density at radius 1 is 1.36 bits per heavy atom. The number of hydrogen-bond acceptors (Lipinski definition) is 4. The molecule has 0 aromatic carbocycles. The Balaban J connectivity index is 2.62. The van der Waals surface area contributed by atoms with Crippen molar-refractivity contribution in [2.75, 3.05) is 0 Å². The van der Waals surface area contributed by atoms with E-state index in [2.05, 4.69) is 10.6 Å². The van der Waals surface area contributed by atoms with Crippen molar-refractivity contribution >= 4 is 12.0 Å². The molecule has 0 fully saturated rings. The van der Waals surface area contributed by atoms with E-state index in [0.29, 0.717) is 5.76 Å². The zero-order valence-corrected chi connectivity index (χ0v) is 13.9. The summed E-state index contributed by atoms with van der Waals surface area (Å²) >= 11 is 0. The molecule has 1 rings (SSSR count). The number of rotatable bonds is 6. The SMILES string of the molecule is CC[C@H](C)[C@H](NC(=O)OC(C)(C)C)C(=O)NCc1ccco1. The van der Waals surface area contributed by atoms with Crippen LogP contribution in [0.1, 0.15) is 46.8 Å². The van der Waals surface area contributed by atoms with E-state index in [0.717, 1.165) is 6.42 Å². The molecule has 1 heterocycles. The van der Waals surface area contributed by atoms with E-state index < -0.39 is 17.7 Å². The van der Waals surface area contributed by atoms with Crippen LogP contribution < -0.4 is 10.6 Å². The van der Waals surface area contributed by atoms with Gasteiger partial charge in [0.15, 0.2) is 0 Å². The number of amides is 2. The summed E-state index contributed by atoms with van der Waals surface area (Å²) in [7, 11) is 0. The van der Waals surface area contributed by atoms with Crippen LogP contribution in [0.3, 0.4) is 0 Å². The summed E-state index contributed by atoms with van der Waals surface area (Å²) in [6.45, 7) is 9.50. The highest BCUT2D eigenvalue weighted by atomic mass is 16.6. The van der Waals surface area contributed by atoms with E-state index in [1.54, 1.807) is 39.2 Å². The molecule has 0 aliphatic heterocycles. The third-order valence-electron chi connectivity index (χ3n) is 3.18. The molecule has 0 spiro atoms. The molecule has 0 unspecified atom stereocenters. The Hall–Kier alpha value is -1.98. The number of nitrogens with one attached hydrogen (secondary N) is 2. The van der Waals surface area contributed by atoms with E-state index in [9.17, 15) is 9.59 Å². The van der Waals surface area contributed by atoms with Crippen molar-refractivity contribution < 1.29 is 18.7 Å². The monoisotopic (exact) mass is 310 g/mol. The van der Waals surface area contributed by atoms with Crippen molar-refractivity contribution in [3.05, 3.63) is 24.2 Å². The Labute approximate surface area is 131 Å². The summed E-state index contributed by atoms with van der Waals surface area (Å²) in [6, 6.07) is 2.89. The zero-order chi connectivity index (χ0) is 16.8. The summed E-state index contributed by atoms with van der Waals surface area (Å²) in [4.78, 5) is 24.2. The lowest BCUT2D eigenvalue weighted by atomic mass is 9.98. The molecular weight excluding hydrogens is 284 g/mol. The second kappa shape index (κ2) is 7.87. The lowest BCUT2D eigenvalue weighted by Gasteiger charge is -2.26. The molecule has 22 heavy (non-hydrogen) atoms. The molecule has 0 bridgehead atoms. The van der Waals surface area contributed by atoms with Crippen LogP contribution in [0.2, 0.25) is 0 Å². The van der Waals surface area contributed by atoms with Gasteiger partial charge in [-0.1, -0.05) is 20.3 Å². The molecule has 2 amide bonds. The Kier molecular flexibility index (Phi) is 6.46. The van der Waals surface area contributed by atoms with Gasteiger partial charge in [-0.2, -0.15) is 0 Å². The van der Waals surface area contributed by atoms with Gasteiger partial charge in [-0.15, -0.1) is 0 Å². The largest absolute Gasteiger partial charge is 0.467 e. The maximum Gasteiger partial charge on any atom is 0.408 e. The minimum Gasteiger partial charge on any atom is -0.467 e. The Morgan fingerprint density at radius 2 is 2.05 bits per heavy atom. The second-order valence-corrected chi connectivity index (χ2v) is 6.31. The smallest absolute Gasteiger partial charge is 0.408 e. The minimum absolute atomic E-state index is 0.0101. The minimum atomic E-state index is -0.644. The van der Waals surface area contributed by atoms with Gasteiger partial charge in [0.2, 0.25) is 5.91 Å². The molecule has 124 valence electrons. The van der Waals surface area contributed by atoms with Crippen LogP contribution in [0.15, 0.2) is 22.8 Å². The van der Waals surface area contributed by atoms with Gasteiger partial charge in [-0.3, -0.25) is 4.79 Å². The van der Waals surface area contributed by atoms with E-state index in [1.165, 1.54) is 0 Å². The topological polar surface area (TPSA) is 80.6 Å². The van der Waals surface area contributed by atoms with Gasteiger partial charge in [0.1, 0.15) is 17.4 Å². The van der Waals surface area contributed by atoms with Crippen LogP contribution in [0.4, 0.5) is 4.79 Å². The quantitative estimate of drug-likeness (QED) is 0.846. The zero-order valence-electron chi connectivity index (χ0n) is 13.9. The summed E-state index contributed by atoms with van der Waals surface area (Å²) in [5, 5.41) is 5.42. The fourth-order valence-corrected chi connectivity index (χ4v) is 1.83. The third kappa shape index (κ3) is 6.20. The first kappa shape index (κ1) is 18.1. The first-order valence-corrected chi connectivity index (χ1v) is 7.52. The van der Waals surface area contributed by atoms with Gasteiger partial charge in [0.05, 0.1) is 12.8 Å². The number of furan rings is 1. The van der Waals surface area contributed by atoms with Crippen LogP contribution in [0.5, 0.6) is 0 Å². The maximum absolute atomic E-state index is 12.3. The average Bonchev–Trinajstić information content (AvgIpc) is 2.92. The molecule has 6 heteroatoms. The van der Waals surface area contributed by atoms with E-state index in [4.69, 9.17) is 9.15 Å². The molecule has 0 aliphatic carbocycles. The molecule has 0 radical (unpaired) electrons. The summed E-state index contributed by atoms with van der Waals surface area (Å²) < 4.78 is 10.4. The van der Waals surface area contributed by atoms with Crippen molar-refractivity contribution in [3.8, 4) is 0 Å². The standard InChI is InChI=1S/C16H26N2O4/c1-6-11(2)13(18-15(20)22-16(3,4)5)14(19)17-10-12-8-7-9-21-12/h7-9,11,13H,6,10H2,1-5H3,(H,17,19)(H,18,20)/t11-,13-/m0/s1. The van der Waals surface area contributed by atoms with Crippen LogP contribution in [-0.4, -0.2) is 23.6 Å². The van der Waals surface area contributed by atoms with E-state index >= 15 is 0 Å². The van der Waals surface area contributed by atoms with Crippen LogP contribution in [-0.2, 0) is 16.1 Å². The van der Waals surface area contributed by atoms with Crippen molar-refractivity contribution in [3.63, 3.8) is 0 Å². The number of carbonyl (C=O) groups excluding carboxylic acids is 2. The molecular formula is C16H26N2O4. The van der Waals surface area contributed by atoms with Gasteiger partial charge >= 0.3 is 6.09 Å². The molecule has 1 aromatic heterocycles. The molecule has 0 saturated carbocycles. The van der Waals surface area contributed by atoms with Crippen LogP contribution in [0, 0.1) is 5.92 Å². The lowest BCUT2D eigenvalue weighted by Crippen LogP contribution is -2.51. The molecule has 1 aromatic rings. The Bertz CT molecular complexity index is 477. The molecule has 0 saturated heterocycles. The number of hydrogen-bond donors (Lipinski definition) is 2. The summed E-state index contributed by atoms with van der Waals surface area (Å²) in [5.41, 5.74) is -0.602. The van der Waals surface area contributed by atoms with Gasteiger partial charge in [-0.05, 0) is 38.8 Å². The van der Waals surface area contributed by atoms with Crippen molar-refractivity contribution in [1.29, 1.82) is 0 Å². The van der Waals surface area contributed by atoms with E-state index in [-0.39, 0.29) is 18.4 Å². The molecule has 2 atom stereocenters. The highest BCUT2D eigenvalue weighted by molar-refractivity contribution is 5.85. The molecule has 6 nitrogen and oxygen atoms in total. The number of alkyl carbamates (subject to hydrolysis) is 1. The fourth-order valence-electron chi connectivity index (χ4n) is 1.83. The second-order valence-electron chi connectivity index (χ2n) is 6.31.